The highest BCUT2D eigenvalue weighted by Gasteiger charge is 2.38. The lowest BCUT2D eigenvalue weighted by molar-refractivity contribution is -0.148. The number of rotatable bonds is 8. The van der Waals surface area contributed by atoms with Crippen molar-refractivity contribution in [3.8, 4) is 0 Å². The quantitative estimate of drug-likeness (QED) is 0.744. The SMILES string of the molecule is CCCCC(CCC)N1CC(=O)NC(C(C)CC)C1=O. The molecule has 3 unspecified atom stereocenters. The molecule has 2 amide bonds. The van der Waals surface area contributed by atoms with E-state index in [9.17, 15) is 9.59 Å². The number of carbonyl (C=O) groups excluding carboxylic acids is 2. The second-order valence-electron chi connectivity index (χ2n) is 5.98. The lowest BCUT2D eigenvalue weighted by Crippen LogP contribution is -2.62. The van der Waals surface area contributed by atoms with Crippen LogP contribution in [0.4, 0.5) is 0 Å². The number of amides is 2. The molecule has 1 rings (SSSR count). The van der Waals surface area contributed by atoms with Gasteiger partial charge in [-0.3, -0.25) is 9.59 Å². The van der Waals surface area contributed by atoms with Crippen molar-refractivity contribution in [3.05, 3.63) is 0 Å². The number of nitrogens with one attached hydrogen (secondary N) is 1. The van der Waals surface area contributed by atoms with Crippen LogP contribution in [0, 0.1) is 5.92 Å². The van der Waals surface area contributed by atoms with Crippen molar-refractivity contribution < 1.29 is 9.59 Å². The summed E-state index contributed by atoms with van der Waals surface area (Å²) in [6.45, 7) is 8.63. The Bertz CT molecular complexity index is 330. The van der Waals surface area contributed by atoms with Crippen LogP contribution >= 0.6 is 0 Å². The molecule has 3 atom stereocenters. The Morgan fingerprint density at radius 2 is 1.90 bits per heavy atom. The summed E-state index contributed by atoms with van der Waals surface area (Å²) >= 11 is 0. The number of nitrogens with zero attached hydrogens (tertiary/aromatic N) is 1. The fourth-order valence-electron chi connectivity index (χ4n) is 2.85. The zero-order chi connectivity index (χ0) is 15.1. The van der Waals surface area contributed by atoms with Crippen molar-refractivity contribution in [2.45, 2.75) is 78.3 Å². The van der Waals surface area contributed by atoms with Gasteiger partial charge >= 0.3 is 0 Å². The molecule has 4 nitrogen and oxygen atoms in total. The smallest absolute Gasteiger partial charge is 0.246 e. The minimum atomic E-state index is -0.331. The summed E-state index contributed by atoms with van der Waals surface area (Å²) in [5.41, 5.74) is 0. The van der Waals surface area contributed by atoms with E-state index in [-0.39, 0.29) is 36.4 Å². The van der Waals surface area contributed by atoms with Crippen LogP contribution in [0.3, 0.4) is 0 Å². The molecule has 116 valence electrons. The Morgan fingerprint density at radius 1 is 1.20 bits per heavy atom. The molecular weight excluding hydrogens is 252 g/mol. The largest absolute Gasteiger partial charge is 0.342 e. The Balaban J connectivity index is 2.83. The Kier molecular flexibility index (Phi) is 7.03. The number of piperazine rings is 1. The molecule has 0 aliphatic carbocycles. The highest BCUT2D eigenvalue weighted by molar-refractivity contribution is 5.95. The molecular formula is C16H30N2O2. The van der Waals surface area contributed by atoms with Crippen LogP contribution in [0.25, 0.3) is 0 Å². The van der Waals surface area contributed by atoms with E-state index in [1.54, 1.807) is 0 Å². The predicted molar refractivity (Wildman–Crippen MR) is 81.3 cm³/mol. The van der Waals surface area contributed by atoms with Gasteiger partial charge in [-0.1, -0.05) is 53.4 Å². The first kappa shape index (κ1) is 17.0. The van der Waals surface area contributed by atoms with E-state index in [2.05, 4.69) is 26.1 Å². The van der Waals surface area contributed by atoms with Crippen LogP contribution in [0.1, 0.15) is 66.2 Å². The third kappa shape index (κ3) is 4.22. The van der Waals surface area contributed by atoms with Crippen molar-refractivity contribution in [2.24, 2.45) is 5.92 Å². The maximum absolute atomic E-state index is 12.7. The molecule has 0 bridgehead atoms. The van der Waals surface area contributed by atoms with Crippen LogP contribution in [-0.2, 0) is 9.59 Å². The summed E-state index contributed by atoms with van der Waals surface area (Å²) in [5.74, 6) is 0.309. The van der Waals surface area contributed by atoms with Crippen molar-refractivity contribution >= 4 is 11.8 Å². The number of unbranched alkanes of at least 4 members (excludes halogenated alkanes) is 1. The third-order valence-corrected chi connectivity index (χ3v) is 4.35. The summed E-state index contributed by atoms with van der Waals surface area (Å²) in [7, 11) is 0. The topological polar surface area (TPSA) is 49.4 Å². The van der Waals surface area contributed by atoms with E-state index in [1.807, 2.05) is 11.8 Å². The highest BCUT2D eigenvalue weighted by Crippen LogP contribution is 2.21. The maximum Gasteiger partial charge on any atom is 0.246 e. The molecule has 1 heterocycles. The van der Waals surface area contributed by atoms with Gasteiger partial charge in [0.05, 0.1) is 6.54 Å². The van der Waals surface area contributed by atoms with Gasteiger partial charge in [-0.25, -0.2) is 0 Å². The molecule has 0 radical (unpaired) electrons. The molecule has 20 heavy (non-hydrogen) atoms. The molecule has 4 heteroatoms. The number of hydrogen-bond acceptors (Lipinski definition) is 2. The second kappa shape index (κ2) is 8.28. The molecule has 1 saturated heterocycles. The maximum atomic E-state index is 12.7. The normalized spacial score (nSPS) is 22.6. The molecule has 1 aliphatic rings. The molecule has 0 aromatic carbocycles. The van der Waals surface area contributed by atoms with E-state index in [1.165, 1.54) is 0 Å². The average molecular weight is 282 g/mol. The van der Waals surface area contributed by atoms with Gasteiger partial charge in [0.2, 0.25) is 11.8 Å². The molecule has 1 fully saturated rings. The van der Waals surface area contributed by atoms with Crippen LogP contribution in [0.5, 0.6) is 0 Å². The van der Waals surface area contributed by atoms with Crippen molar-refractivity contribution in [3.63, 3.8) is 0 Å². The number of hydrogen-bond donors (Lipinski definition) is 1. The lowest BCUT2D eigenvalue weighted by atomic mass is 9.94. The van der Waals surface area contributed by atoms with Crippen LogP contribution in [0.2, 0.25) is 0 Å². The van der Waals surface area contributed by atoms with Gasteiger partial charge in [0.1, 0.15) is 6.04 Å². The number of carbonyl (C=O) groups is 2. The molecule has 0 saturated carbocycles. The van der Waals surface area contributed by atoms with E-state index < -0.39 is 0 Å². The summed E-state index contributed by atoms with van der Waals surface area (Å²) in [6.07, 6.45) is 6.20. The van der Waals surface area contributed by atoms with Gasteiger partial charge in [-0.2, -0.15) is 0 Å². The summed E-state index contributed by atoms with van der Waals surface area (Å²) in [6, 6.07) is -0.104. The van der Waals surface area contributed by atoms with Crippen LogP contribution < -0.4 is 5.32 Å². The Hall–Kier alpha value is -1.06. The van der Waals surface area contributed by atoms with Crippen molar-refractivity contribution in [1.29, 1.82) is 0 Å². The Morgan fingerprint density at radius 3 is 2.45 bits per heavy atom. The summed E-state index contributed by atoms with van der Waals surface area (Å²) in [4.78, 5) is 26.4. The van der Waals surface area contributed by atoms with E-state index >= 15 is 0 Å². The second-order valence-corrected chi connectivity index (χ2v) is 5.98. The fraction of sp³-hybridized carbons (Fsp3) is 0.875. The van der Waals surface area contributed by atoms with E-state index in [0.717, 1.165) is 38.5 Å². The molecule has 0 aromatic rings. The highest BCUT2D eigenvalue weighted by atomic mass is 16.2. The minimum Gasteiger partial charge on any atom is -0.342 e. The lowest BCUT2D eigenvalue weighted by Gasteiger charge is -2.39. The standard InChI is InChI=1S/C16H30N2O2/c1-5-8-10-13(9-6-2)18-11-14(19)17-15(16(18)20)12(4)7-3/h12-13,15H,5-11H2,1-4H3,(H,17,19). The molecule has 0 spiro atoms. The first-order valence-electron chi connectivity index (χ1n) is 8.14. The monoisotopic (exact) mass is 282 g/mol. The van der Waals surface area contributed by atoms with Gasteiger partial charge in [-0.15, -0.1) is 0 Å². The zero-order valence-corrected chi connectivity index (χ0v) is 13.4. The fourth-order valence-corrected chi connectivity index (χ4v) is 2.85. The molecule has 0 aromatic heterocycles. The molecule has 1 aliphatic heterocycles. The van der Waals surface area contributed by atoms with Crippen LogP contribution in [0.15, 0.2) is 0 Å². The van der Waals surface area contributed by atoms with E-state index in [0.29, 0.717) is 0 Å². The third-order valence-electron chi connectivity index (χ3n) is 4.35. The van der Waals surface area contributed by atoms with Gasteiger partial charge < -0.3 is 10.2 Å². The predicted octanol–water partition coefficient (Wildman–Crippen LogP) is 2.72. The average Bonchev–Trinajstić information content (AvgIpc) is 2.44. The Labute approximate surface area is 123 Å². The zero-order valence-electron chi connectivity index (χ0n) is 13.4. The molecule has 1 N–H and O–H groups in total. The van der Waals surface area contributed by atoms with Gasteiger partial charge in [-0.05, 0) is 18.8 Å². The van der Waals surface area contributed by atoms with Gasteiger partial charge in [0, 0.05) is 6.04 Å². The van der Waals surface area contributed by atoms with Gasteiger partial charge in [0.15, 0.2) is 0 Å². The van der Waals surface area contributed by atoms with Gasteiger partial charge in [0.25, 0.3) is 0 Å². The summed E-state index contributed by atoms with van der Waals surface area (Å²) in [5, 5.41) is 2.87. The van der Waals surface area contributed by atoms with Crippen LogP contribution in [-0.4, -0.2) is 35.3 Å². The first-order chi connectivity index (χ1) is 9.54. The van der Waals surface area contributed by atoms with E-state index in [4.69, 9.17) is 0 Å². The minimum absolute atomic E-state index is 0.00694. The summed E-state index contributed by atoms with van der Waals surface area (Å²) < 4.78 is 0. The van der Waals surface area contributed by atoms with Crippen molar-refractivity contribution in [1.82, 2.24) is 10.2 Å². The first-order valence-corrected chi connectivity index (χ1v) is 8.14. The van der Waals surface area contributed by atoms with Crippen molar-refractivity contribution in [2.75, 3.05) is 6.54 Å².